The van der Waals surface area contributed by atoms with Crippen LogP contribution in [0.2, 0.25) is 0 Å². The molecule has 0 aliphatic heterocycles. The zero-order chi connectivity index (χ0) is 10.7. The molecule has 2 rings (SSSR count). The molecule has 15 heavy (non-hydrogen) atoms. The molecule has 1 unspecified atom stereocenters. The zero-order valence-electron chi connectivity index (χ0n) is 9.62. The maximum Gasteiger partial charge on any atom is 0.221 e. The first kappa shape index (κ1) is 10.5. The fraction of sp³-hybridized carbons (Fsp3) is 0.615. The second-order valence-electron chi connectivity index (χ2n) is 4.40. The summed E-state index contributed by atoms with van der Waals surface area (Å²) in [6.07, 6.45) is 10.3. The highest BCUT2D eigenvalue weighted by molar-refractivity contribution is 5.58. The molecular weight excluding hydrogens is 186 g/mol. The third kappa shape index (κ3) is 2.49. The van der Waals surface area contributed by atoms with E-state index in [9.17, 15) is 0 Å². The lowest BCUT2D eigenvalue weighted by molar-refractivity contribution is 0.451. The van der Waals surface area contributed by atoms with Gasteiger partial charge in [0.15, 0.2) is 0 Å². The van der Waals surface area contributed by atoms with Crippen LogP contribution < -0.4 is 0 Å². The van der Waals surface area contributed by atoms with Crippen LogP contribution in [0.15, 0.2) is 16.7 Å². The largest absolute Gasteiger partial charge is 0.442 e. The molecule has 0 saturated carbocycles. The van der Waals surface area contributed by atoms with E-state index in [4.69, 9.17) is 4.42 Å². The second-order valence-corrected chi connectivity index (χ2v) is 4.40. The zero-order valence-corrected chi connectivity index (χ0v) is 9.62. The van der Waals surface area contributed by atoms with Crippen molar-refractivity contribution in [3.8, 4) is 0 Å². The fourth-order valence-electron chi connectivity index (χ4n) is 2.20. The molecule has 1 heterocycles. The van der Waals surface area contributed by atoms with Crippen LogP contribution in [-0.4, -0.2) is 4.98 Å². The number of aryl methyl sites for hydroxylation is 1. The number of nitrogens with zero attached hydrogens (tertiary/aromatic N) is 1. The van der Waals surface area contributed by atoms with Gasteiger partial charge >= 0.3 is 0 Å². The normalized spacial score (nSPS) is 22.3. The summed E-state index contributed by atoms with van der Waals surface area (Å²) < 4.78 is 5.57. The molecule has 1 aliphatic rings. The quantitative estimate of drug-likeness (QED) is 0.730. The minimum absolute atomic E-state index is 0.837. The summed E-state index contributed by atoms with van der Waals surface area (Å²) in [7, 11) is 0. The lowest BCUT2D eigenvalue weighted by Gasteiger charge is -2.09. The molecule has 2 nitrogen and oxygen atoms in total. The number of rotatable bonds is 2. The molecule has 0 spiro atoms. The minimum Gasteiger partial charge on any atom is -0.442 e. The van der Waals surface area contributed by atoms with Crippen molar-refractivity contribution < 1.29 is 4.42 Å². The Balaban J connectivity index is 2.07. The van der Waals surface area contributed by atoms with Crippen molar-refractivity contribution in [1.82, 2.24) is 4.98 Å². The van der Waals surface area contributed by atoms with E-state index in [1.54, 1.807) is 6.20 Å². The van der Waals surface area contributed by atoms with Gasteiger partial charge < -0.3 is 4.42 Å². The highest BCUT2D eigenvalue weighted by Gasteiger charge is 2.15. The first-order valence-electron chi connectivity index (χ1n) is 5.91. The number of hydrogen-bond donors (Lipinski definition) is 0. The van der Waals surface area contributed by atoms with Crippen LogP contribution in [0, 0.1) is 12.8 Å². The summed E-state index contributed by atoms with van der Waals surface area (Å²) >= 11 is 0. The molecule has 0 saturated heterocycles. The molecule has 1 aromatic rings. The lowest BCUT2D eigenvalue weighted by atomic mass is 9.97. The van der Waals surface area contributed by atoms with E-state index in [-0.39, 0.29) is 0 Å². The molecule has 0 amide bonds. The van der Waals surface area contributed by atoms with Crippen molar-refractivity contribution in [1.29, 1.82) is 0 Å². The molecule has 0 fully saturated rings. The second kappa shape index (κ2) is 4.65. The smallest absolute Gasteiger partial charge is 0.221 e. The van der Waals surface area contributed by atoms with Crippen molar-refractivity contribution in [2.75, 3.05) is 0 Å². The number of oxazole rings is 1. The fourth-order valence-corrected chi connectivity index (χ4v) is 2.20. The van der Waals surface area contributed by atoms with E-state index in [1.165, 1.54) is 31.3 Å². The van der Waals surface area contributed by atoms with Gasteiger partial charge in [-0.1, -0.05) is 19.4 Å². The Hall–Kier alpha value is -1.05. The highest BCUT2D eigenvalue weighted by Crippen LogP contribution is 2.30. The summed E-state index contributed by atoms with van der Waals surface area (Å²) in [6, 6.07) is 0. The Labute approximate surface area is 91.4 Å². The van der Waals surface area contributed by atoms with Crippen LogP contribution in [0.4, 0.5) is 0 Å². The van der Waals surface area contributed by atoms with Crippen LogP contribution in [-0.2, 0) is 0 Å². The van der Waals surface area contributed by atoms with E-state index in [2.05, 4.69) is 18.0 Å². The summed E-state index contributed by atoms with van der Waals surface area (Å²) in [5.74, 6) is 2.63. The average molecular weight is 205 g/mol. The molecule has 1 aromatic heterocycles. The van der Waals surface area contributed by atoms with Gasteiger partial charge in [0.2, 0.25) is 5.89 Å². The molecule has 82 valence electrons. The first-order valence-corrected chi connectivity index (χ1v) is 5.91. The van der Waals surface area contributed by atoms with Crippen molar-refractivity contribution in [2.24, 2.45) is 5.92 Å². The predicted molar refractivity (Wildman–Crippen MR) is 61.5 cm³/mol. The number of aromatic nitrogens is 1. The molecule has 0 radical (unpaired) electrons. The molecule has 1 aliphatic carbocycles. The maximum absolute atomic E-state index is 5.57. The summed E-state index contributed by atoms with van der Waals surface area (Å²) in [5, 5.41) is 0. The topological polar surface area (TPSA) is 26.0 Å². The van der Waals surface area contributed by atoms with Crippen LogP contribution in [0.25, 0.3) is 5.57 Å². The monoisotopic (exact) mass is 205 g/mol. The van der Waals surface area contributed by atoms with E-state index in [0.717, 1.165) is 24.0 Å². The number of hydrogen-bond acceptors (Lipinski definition) is 2. The SMILES string of the molecule is CCC1CCC=C(c2ncc(C)o2)CC1. The molecule has 2 heteroatoms. The highest BCUT2D eigenvalue weighted by atomic mass is 16.4. The summed E-state index contributed by atoms with van der Waals surface area (Å²) in [5.41, 5.74) is 1.30. The van der Waals surface area contributed by atoms with Crippen LogP contribution >= 0.6 is 0 Å². The standard InChI is InChI=1S/C13H19NO/c1-3-11-5-4-6-12(8-7-11)13-14-9-10(2)15-13/h6,9,11H,3-5,7-8H2,1-2H3. The van der Waals surface area contributed by atoms with Gasteiger partial charge in [0.25, 0.3) is 0 Å². The van der Waals surface area contributed by atoms with Gasteiger partial charge in [-0.05, 0) is 38.5 Å². The summed E-state index contributed by atoms with van der Waals surface area (Å²) in [4.78, 5) is 4.30. The Morgan fingerprint density at radius 3 is 3.00 bits per heavy atom. The van der Waals surface area contributed by atoms with Crippen molar-refractivity contribution in [2.45, 2.75) is 46.0 Å². The van der Waals surface area contributed by atoms with E-state index >= 15 is 0 Å². The Morgan fingerprint density at radius 2 is 2.33 bits per heavy atom. The van der Waals surface area contributed by atoms with Gasteiger partial charge in [0, 0.05) is 5.57 Å². The number of allylic oxidation sites excluding steroid dienone is 2. The Morgan fingerprint density at radius 1 is 1.47 bits per heavy atom. The van der Waals surface area contributed by atoms with Gasteiger partial charge in [-0.2, -0.15) is 0 Å². The molecule has 1 atom stereocenters. The predicted octanol–water partition coefficient (Wildman–Crippen LogP) is 3.97. The average Bonchev–Trinajstić information content (AvgIpc) is 2.54. The van der Waals surface area contributed by atoms with Crippen LogP contribution in [0.5, 0.6) is 0 Å². The third-order valence-corrected chi connectivity index (χ3v) is 3.26. The summed E-state index contributed by atoms with van der Waals surface area (Å²) in [6.45, 7) is 4.23. The van der Waals surface area contributed by atoms with Crippen molar-refractivity contribution in [3.05, 3.63) is 23.9 Å². The van der Waals surface area contributed by atoms with Gasteiger partial charge in [-0.15, -0.1) is 0 Å². The van der Waals surface area contributed by atoms with Gasteiger partial charge in [-0.3, -0.25) is 0 Å². The maximum atomic E-state index is 5.57. The van der Waals surface area contributed by atoms with Gasteiger partial charge in [0.05, 0.1) is 6.20 Å². The first-order chi connectivity index (χ1) is 7.29. The minimum atomic E-state index is 0.837. The molecule has 0 bridgehead atoms. The lowest BCUT2D eigenvalue weighted by Crippen LogP contribution is -1.95. The Bertz CT molecular complexity index is 351. The molecule has 0 N–H and O–H groups in total. The van der Waals surface area contributed by atoms with E-state index in [1.807, 2.05) is 6.92 Å². The van der Waals surface area contributed by atoms with Gasteiger partial charge in [0.1, 0.15) is 5.76 Å². The third-order valence-electron chi connectivity index (χ3n) is 3.26. The Kier molecular flexibility index (Phi) is 3.24. The van der Waals surface area contributed by atoms with Crippen LogP contribution in [0.3, 0.4) is 0 Å². The van der Waals surface area contributed by atoms with E-state index in [0.29, 0.717) is 0 Å². The molecular formula is C13H19NO. The van der Waals surface area contributed by atoms with Crippen LogP contribution in [0.1, 0.15) is 50.7 Å². The molecule has 0 aromatic carbocycles. The van der Waals surface area contributed by atoms with E-state index < -0.39 is 0 Å². The van der Waals surface area contributed by atoms with Crippen molar-refractivity contribution in [3.63, 3.8) is 0 Å². The van der Waals surface area contributed by atoms with Gasteiger partial charge in [-0.25, -0.2) is 4.98 Å². The van der Waals surface area contributed by atoms with Crippen molar-refractivity contribution >= 4 is 5.57 Å².